The number of hydrogen-bond acceptors (Lipinski definition) is 13. The number of carbonyl (C=O) groups is 3. The molecule has 306 valence electrons. The molecule has 2 atom stereocenters. The highest BCUT2D eigenvalue weighted by Gasteiger charge is 2.40. The summed E-state index contributed by atoms with van der Waals surface area (Å²) in [5, 5.41) is 14.9. The largest absolute Gasteiger partial charge is 0.382 e. The number of aromatic nitrogens is 4. The van der Waals surface area contributed by atoms with E-state index in [-0.39, 0.29) is 30.1 Å². The Kier molecular flexibility index (Phi) is 10.9. The minimum atomic E-state index is -0.719. The Morgan fingerprint density at radius 3 is 2.59 bits per heavy atom. The molecule has 3 aromatic heterocycles. The molecular weight excluding hydrogens is 758 g/mol. The number of hydrogen-bond donors (Lipinski definition) is 3. The zero-order chi connectivity index (χ0) is 40.3. The number of piperidine rings is 1. The molecule has 0 aliphatic carbocycles. The predicted molar refractivity (Wildman–Crippen MR) is 217 cm³/mol. The van der Waals surface area contributed by atoms with Gasteiger partial charge in [0.25, 0.3) is 5.91 Å². The summed E-state index contributed by atoms with van der Waals surface area (Å²) < 4.78 is 15.9. The molecule has 3 saturated heterocycles. The number of rotatable bonds is 13. The highest BCUT2D eigenvalue weighted by molar-refractivity contribution is 6.00. The van der Waals surface area contributed by atoms with Gasteiger partial charge in [-0.15, -0.1) is 5.10 Å². The molecule has 3 amide bonds. The van der Waals surface area contributed by atoms with Crippen LogP contribution in [0, 0.1) is 5.82 Å². The van der Waals surface area contributed by atoms with E-state index in [1.807, 2.05) is 53.0 Å². The van der Waals surface area contributed by atoms with Crippen LogP contribution >= 0.6 is 0 Å². The lowest BCUT2D eigenvalue weighted by Crippen LogP contribution is -2.53. The fraction of sp³-hybridized carbons (Fsp3) is 0.381. The average molecular weight is 804 g/mol. The molecule has 0 saturated carbocycles. The van der Waals surface area contributed by atoms with E-state index in [1.165, 1.54) is 6.07 Å². The second-order valence-electron chi connectivity index (χ2n) is 15.2. The predicted octanol–water partition coefficient (Wildman–Crippen LogP) is 4.11. The number of nitrogens with one attached hydrogen (secondary N) is 3. The number of benzene rings is 2. The van der Waals surface area contributed by atoms with Crippen LogP contribution in [-0.4, -0.2) is 106 Å². The Morgan fingerprint density at radius 2 is 1.73 bits per heavy atom. The molecule has 9 rings (SSSR count). The molecule has 0 spiro atoms. The lowest BCUT2D eigenvalue weighted by molar-refractivity contribution is -0.252. The summed E-state index contributed by atoms with van der Waals surface area (Å²) in [5.74, 6) is 1.68. The fourth-order valence-corrected chi connectivity index (χ4v) is 8.17. The molecule has 1 unspecified atom stereocenters. The summed E-state index contributed by atoms with van der Waals surface area (Å²) >= 11 is 0. The number of pyridine rings is 1. The summed E-state index contributed by atoms with van der Waals surface area (Å²) in [4.78, 5) is 64.5. The van der Waals surface area contributed by atoms with E-state index in [4.69, 9.17) is 19.8 Å². The van der Waals surface area contributed by atoms with Gasteiger partial charge < -0.3 is 30.1 Å². The van der Waals surface area contributed by atoms with Crippen molar-refractivity contribution in [3.8, 4) is 22.9 Å². The van der Waals surface area contributed by atoms with Crippen LogP contribution in [0.4, 0.5) is 21.7 Å². The Morgan fingerprint density at radius 1 is 0.881 bits per heavy atom. The third-order valence-corrected chi connectivity index (χ3v) is 11.2. The Hall–Kier alpha value is -6.33. The zero-order valence-corrected chi connectivity index (χ0v) is 32.6. The summed E-state index contributed by atoms with van der Waals surface area (Å²) in [6.07, 6.45) is 5.87. The van der Waals surface area contributed by atoms with E-state index in [0.29, 0.717) is 37.6 Å². The van der Waals surface area contributed by atoms with Crippen molar-refractivity contribution < 1.29 is 28.4 Å². The van der Waals surface area contributed by atoms with Gasteiger partial charge in [0.2, 0.25) is 17.6 Å². The van der Waals surface area contributed by atoms with E-state index in [0.717, 1.165) is 104 Å². The van der Waals surface area contributed by atoms with Crippen LogP contribution in [-0.2, 0) is 14.4 Å². The molecule has 2 aromatic carbocycles. The van der Waals surface area contributed by atoms with Gasteiger partial charge in [-0.05, 0) is 86.2 Å². The van der Waals surface area contributed by atoms with Crippen LogP contribution in [0.2, 0.25) is 0 Å². The minimum Gasteiger partial charge on any atom is -0.382 e. The summed E-state index contributed by atoms with van der Waals surface area (Å²) in [5.41, 5.74) is 3.98. The fourth-order valence-electron chi connectivity index (χ4n) is 8.17. The highest BCUT2D eigenvalue weighted by Crippen LogP contribution is 2.42. The Balaban J connectivity index is 0.723. The number of imide groups is 1. The SMILES string of the molecule is O=C(CN1CCN(c2cccc(-c3cnc4ccc(N5CCC[C@@H]5c5cccc(F)c5)nn34)n2)CC1)NCCCCNc1cccc2c1ON(C1CCC(=O)NC1=O)O2. The third-order valence-electron chi connectivity index (χ3n) is 11.2. The van der Waals surface area contributed by atoms with Crippen molar-refractivity contribution in [1.29, 1.82) is 0 Å². The topological polar surface area (TPSA) is 162 Å². The van der Waals surface area contributed by atoms with Crippen molar-refractivity contribution in [3.63, 3.8) is 0 Å². The van der Waals surface area contributed by atoms with Crippen molar-refractivity contribution in [3.05, 3.63) is 90.4 Å². The van der Waals surface area contributed by atoms with Crippen LogP contribution in [0.25, 0.3) is 17.0 Å². The van der Waals surface area contributed by atoms with Gasteiger partial charge in [-0.25, -0.2) is 18.9 Å². The van der Waals surface area contributed by atoms with Crippen molar-refractivity contribution in [2.24, 2.45) is 0 Å². The van der Waals surface area contributed by atoms with Crippen LogP contribution in [0.1, 0.15) is 50.1 Å². The number of halogens is 1. The van der Waals surface area contributed by atoms with Gasteiger partial charge in [0.1, 0.15) is 23.1 Å². The number of imidazole rings is 1. The number of para-hydroxylation sites is 1. The van der Waals surface area contributed by atoms with Gasteiger partial charge in [-0.3, -0.25) is 24.6 Å². The van der Waals surface area contributed by atoms with Gasteiger partial charge in [-0.1, -0.05) is 24.3 Å². The molecular formula is C42H46FN11O5. The first-order valence-electron chi connectivity index (χ1n) is 20.3. The van der Waals surface area contributed by atoms with Crippen molar-refractivity contribution >= 4 is 40.7 Å². The minimum absolute atomic E-state index is 0.00200. The van der Waals surface area contributed by atoms with Crippen LogP contribution < -0.4 is 35.4 Å². The number of piperazine rings is 1. The number of nitrogens with zero attached hydrogens (tertiary/aromatic N) is 8. The van der Waals surface area contributed by atoms with Crippen LogP contribution in [0.5, 0.6) is 11.5 Å². The molecule has 0 bridgehead atoms. The van der Waals surface area contributed by atoms with Gasteiger partial charge >= 0.3 is 0 Å². The van der Waals surface area contributed by atoms with E-state index >= 15 is 0 Å². The normalized spacial score (nSPS) is 19.7. The van der Waals surface area contributed by atoms with Gasteiger partial charge in [-0.2, -0.15) is 0 Å². The molecule has 0 radical (unpaired) electrons. The molecule has 16 nitrogen and oxygen atoms in total. The molecule has 3 N–H and O–H groups in total. The maximum atomic E-state index is 14.1. The monoisotopic (exact) mass is 803 g/mol. The number of hydroxylamine groups is 2. The van der Waals surface area contributed by atoms with E-state index < -0.39 is 11.9 Å². The molecule has 4 aliphatic heterocycles. The second-order valence-corrected chi connectivity index (χ2v) is 15.2. The molecule has 3 fully saturated rings. The second kappa shape index (κ2) is 16.9. The smallest absolute Gasteiger partial charge is 0.251 e. The van der Waals surface area contributed by atoms with E-state index in [1.54, 1.807) is 24.4 Å². The van der Waals surface area contributed by atoms with Crippen molar-refractivity contribution in [1.82, 2.24) is 40.3 Å². The first-order chi connectivity index (χ1) is 28.9. The number of amides is 3. The molecule has 7 heterocycles. The zero-order valence-electron chi connectivity index (χ0n) is 32.6. The molecule has 4 aliphatic rings. The Labute approximate surface area is 340 Å². The quantitative estimate of drug-likeness (QED) is 0.115. The van der Waals surface area contributed by atoms with Crippen LogP contribution in [0.15, 0.2) is 79.0 Å². The first kappa shape index (κ1) is 38.2. The highest BCUT2D eigenvalue weighted by atomic mass is 19.1. The number of fused-ring (bicyclic) bond motifs is 2. The Bertz CT molecular complexity index is 2350. The summed E-state index contributed by atoms with van der Waals surface area (Å²) in [6.45, 7) is 5.35. The summed E-state index contributed by atoms with van der Waals surface area (Å²) in [6, 6.07) is 21.6. The van der Waals surface area contributed by atoms with Crippen LogP contribution in [0.3, 0.4) is 0 Å². The number of unbranched alkanes of at least 4 members (excludes halogenated alkanes) is 1. The summed E-state index contributed by atoms with van der Waals surface area (Å²) in [7, 11) is 0. The third kappa shape index (κ3) is 8.33. The van der Waals surface area contributed by atoms with Crippen molar-refractivity contribution in [2.75, 3.05) is 67.5 Å². The maximum absolute atomic E-state index is 14.1. The lowest BCUT2D eigenvalue weighted by Gasteiger charge is -2.35. The van der Waals surface area contributed by atoms with E-state index in [2.05, 4.69) is 35.6 Å². The molecule has 17 heteroatoms. The average Bonchev–Trinajstić information content (AvgIpc) is 4.02. The molecule has 59 heavy (non-hydrogen) atoms. The van der Waals surface area contributed by atoms with Gasteiger partial charge in [0, 0.05) is 57.5 Å². The van der Waals surface area contributed by atoms with E-state index in [9.17, 15) is 18.8 Å². The number of anilines is 3. The van der Waals surface area contributed by atoms with Gasteiger partial charge in [0.05, 0.1) is 30.2 Å². The standard InChI is InChI=1S/C42H46FN11O5/c43-29-8-3-7-28(25-29)32-11-6-20-52(32)38-16-15-36-46-26-34(53(36)49-38)30-9-5-13-37(47-30)51-23-21-50(22-24-51)27-40(56)45-19-2-1-18-44-31-10-4-12-35-41(31)59-54(58-35)33-14-17-39(55)48-42(33)57/h3-5,7-10,12-13,15-16,25-26,32-33,44H,1-2,6,11,14,17-24,27H2,(H,45,56)(H,48,55,57)/t32-,33?/m1/s1. The van der Waals surface area contributed by atoms with Crippen molar-refractivity contribution in [2.45, 2.75) is 50.6 Å². The maximum Gasteiger partial charge on any atom is 0.251 e. The van der Waals surface area contributed by atoms with Gasteiger partial charge in [0.15, 0.2) is 17.4 Å². The molecule has 5 aromatic rings. The lowest BCUT2D eigenvalue weighted by atomic mass is 10.0. The first-order valence-corrected chi connectivity index (χ1v) is 20.3. The number of carbonyl (C=O) groups excluding carboxylic acids is 3.